The SMILES string of the molecule is CCCC(OC)C(O)C1CCOC2(CCCCC2)C1. The highest BCUT2D eigenvalue weighted by molar-refractivity contribution is 4.92. The average Bonchev–Trinajstić information content (AvgIpc) is 2.45. The lowest BCUT2D eigenvalue weighted by Crippen LogP contribution is -2.47. The number of aliphatic hydroxyl groups is 1. The average molecular weight is 270 g/mol. The van der Waals surface area contributed by atoms with Gasteiger partial charge in [-0.2, -0.15) is 0 Å². The standard InChI is InChI=1S/C16H30O3/c1-3-7-14(18-2)15(17)13-8-11-19-16(12-13)9-5-4-6-10-16/h13-15,17H,3-12H2,1-2H3. The Morgan fingerprint density at radius 1 is 1.32 bits per heavy atom. The van der Waals surface area contributed by atoms with Gasteiger partial charge in [0.25, 0.3) is 0 Å². The van der Waals surface area contributed by atoms with Crippen molar-refractivity contribution in [3.05, 3.63) is 0 Å². The first-order valence-electron chi connectivity index (χ1n) is 8.05. The molecule has 0 bridgehead atoms. The van der Waals surface area contributed by atoms with Gasteiger partial charge in [-0.25, -0.2) is 0 Å². The molecule has 1 saturated carbocycles. The van der Waals surface area contributed by atoms with E-state index in [1.54, 1.807) is 7.11 Å². The zero-order valence-corrected chi connectivity index (χ0v) is 12.6. The number of ether oxygens (including phenoxy) is 2. The quantitative estimate of drug-likeness (QED) is 0.833. The molecule has 0 aromatic carbocycles. The molecule has 19 heavy (non-hydrogen) atoms. The zero-order valence-electron chi connectivity index (χ0n) is 12.6. The van der Waals surface area contributed by atoms with Crippen LogP contribution in [0.25, 0.3) is 0 Å². The first-order valence-corrected chi connectivity index (χ1v) is 8.05. The molecule has 3 nitrogen and oxygen atoms in total. The van der Waals surface area contributed by atoms with Crippen LogP contribution >= 0.6 is 0 Å². The Morgan fingerprint density at radius 3 is 2.68 bits per heavy atom. The van der Waals surface area contributed by atoms with Gasteiger partial charge in [-0.3, -0.25) is 0 Å². The zero-order chi connectivity index (χ0) is 13.7. The van der Waals surface area contributed by atoms with Crippen LogP contribution in [-0.2, 0) is 9.47 Å². The van der Waals surface area contributed by atoms with Crippen LogP contribution in [0.5, 0.6) is 0 Å². The van der Waals surface area contributed by atoms with Crippen molar-refractivity contribution >= 4 is 0 Å². The van der Waals surface area contributed by atoms with Crippen LogP contribution in [0.3, 0.4) is 0 Å². The molecule has 0 aromatic rings. The Hall–Kier alpha value is -0.120. The number of aliphatic hydroxyl groups excluding tert-OH is 1. The van der Waals surface area contributed by atoms with E-state index in [0.717, 1.165) is 32.3 Å². The Balaban J connectivity index is 1.95. The fraction of sp³-hybridized carbons (Fsp3) is 1.00. The normalized spacial score (nSPS) is 30.2. The molecule has 1 saturated heterocycles. The summed E-state index contributed by atoms with van der Waals surface area (Å²) in [7, 11) is 1.72. The molecule has 2 rings (SSSR count). The van der Waals surface area contributed by atoms with E-state index in [2.05, 4.69) is 6.92 Å². The van der Waals surface area contributed by atoms with E-state index < -0.39 is 0 Å². The van der Waals surface area contributed by atoms with Crippen LogP contribution in [0, 0.1) is 5.92 Å². The first-order chi connectivity index (χ1) is 9.21. The Morgan fingerprint density at radius 2 is 2.05 bits per heavy atom. The van der Waals surface area contributed by atoms with Crippen LogP contribution in [0.15, 0.2) is 0 Å². The lowest BCUT2D eigenvalue weighted by molar-refractivity contribution is -0.149. The fourth-order valence-electron chi connectivity index (χ4n) is 3.92. The van der Waals surface area contributed by atoms with E-state index in [-0.39, 0.29) is 17.8 Å². The van der Waals surface area contributed by atoms with Crippen LogP contribution in [0.4, 0.5) is 0 Å². The molecule has 1 N–H and O–H groups in total. The summed E-state index contributed by atoms with van der Waals surface area (Å²) in [5.74, 6) is 0.350. The third-order valence-corrected chi connectivity index (χ3v) is 5.04. The first kappa shape index (κ1) is 15.3. The van der Waals surface area contributed by atoms with Gasteiger partial charge >= 0.3 is 0 Å². The molecule has 112 valence electrons. The van der Waals surface area contributed by atoms with E-state index in [0.29, 0.717) is 5.92 Å². The predicted octanol–water partition coefficient (Wildman–Crippen LogP) is 3.29. The summed E-state index contributed by atoms with van der Waals surface area (Å²) in [5.41, 5.74) is 0.0760. The summed E-state index contributed by atoms with van der Waals surface area (Å²) in [6, 6.07) is 0. The Kier molecular flexibility index (Phi) is 5.67. The molecule has 1 aliphatic heterocycles. The van der Waals surface area contributed by atoms with E-state index in [4.69, 9.17) is 9.47 Å². The van der Waals surface area contributed by atoms with Crippen molar-refractivity contribution in [3.8, 4) is 0 Å². The molecule has 3 heteroatoms. The third-order valence-electron chi connectivity index (χ3n) is 5.04. The maximum Gasteiger partial charge on any atom is 0.0832 e. The summed E-state index contributed by atoms with van der Waals surface area (Å²) >= 11 is 0. The monoisotopic (exact) mass is 270 g/mol. The smallest absolute Gasteiger partial charge is 0.0832 e. The van der Waals surface area contributed by atoms with Crippen molar-refractivity contribution in [3.63, 3.8) is 0 Å². The molecule has 1 heterocycles. The van der Waals surface area contributed by atoms with Gasteiger partial charge in [0.05, 0.1) is 17.8 Å². The molecule has 0 aromatic heterocycles. The summed E-state index contributed by atoms with van der Waals surface area (Å²) in [6.07, 6.45) is 9.95. The van der Waals surface area contributed by atoms with Crippen LogP contribution < -0.4 is 0 Å². The highest BCUT2D eigenvalue weighted by Gasteiger charge is 2.41. The van der Waals surface area contributed by atoms with Crippen molar-refractivity contribution in [2.45, 2.75) is 82.5 Å². The van der Waals surface area contributed by atoms with Crippen molar-refractivity contribution < 1.29 is 14.6 Å². The largest absolute Gasteiger partial charge is 0.390 e. The van der Waals surface area contributed by atoms with Gasteiger partial charge in [-0.1, -0.05) is 32.6 Å². The molecule has 1 spiro atoms. The van der Waals surface area contributed by atoms with Gasteiger partial charge in [0.2, 0.25) is 0 Å². The van der Waals surface area contributed by atoms with E-state index in [1.165, 1.54) is 32.1 Å². The fourth-order valence-corrected chi connectivity index (χ4v) is 3.92. The Labute approximate surface area is 117 Å². The number of methoxy groups -OCH3 is 1. The second-order valence-electron chi connectivity index (χ2n) is 6.40. The van der Waals surface area contributed by atoms with Crippen molar-refractivity contribution in [1.82, 2.24) is 0 Å². The molecular weight excluding hydrogens is 240 g/mol. The lowest BCUT2D eigenvalue weighted by atomic mass is 9.73. The maximum atomic E-state index is 10.6. The van der Waals surface area contributed by atoms with E-state index >= 15 is 0 Å². The summed E-state index contributed by atoms with van der Waals surface area (Å²) in [4.78, 5) is 0. The number of hydrogen-bond acceptors (Lipinski definition) is 3. The number of hydrogen-bond donors (Lipinski definition) is 1. The van der Waals surface area contributed by atoms with Crippen LogP contribution in [0.1, 0.15) is 64.7 Å². The van der Waals surface area contributed by atoms with Gasteiger partial charge in [-0.05, 0) is 38.0 Å². The predicted molar refractivity (Wildman–Crippen MR) is 76.2 cm³/mol. The third kappa shape index (κ3) is 3.71. The van der Waals surface area contributed by atoms with Crippen molar-refractivity contribution in [2.24, 2.45) is 5.92 Å². The molecule has 0 amide bonds. The molecular formula is C16H30O3. The van der Waals surface area contributed by atoms with Gasteiger partial charge in [-0.15, -0.1) is 0 Å². The topological polar surface area (TPSA) is 38.7 Å². The summed E-state index contributed by atoms with van der Waals surface area (Å²) in [5, 5.41) is 10.6. The van der Waals surface area contributed by atoms with E-state index in [1.807, 2.05) is 0 Å². The molecule has 3 atom stereocenters. The second-order valence-corrected chi connectivity index (χ2v) is 6.40. The minimum Gasteiger partial charge on any atom is -0.390 e. The second kappa shape index (κ2) is 7.05. The molecule has 2 fully saturated rings. The minimum absolute atomic E-state index is 0.00580. The maximum absolute atomic E-state index is 10.6. The van der Waals surface area contributed by atoms with Crippen LogP contribution in [0.2, 0.25) is 0 Å². The minimum atomic E-state index is -0.326. The molecule has 1 aliphatic carbocycles. The van der Waals surface area contributed by atoms with E-state index in [9.17, 15) is 5.11 Å². The van der Waals surface area contributed by atoms with Gasteiger partial charge < -0.3 is 14.6 Å². The van der Waals surface area contributed by atoms with Gasteiger partial charge in [0, 0.05) is 13.7 Å². The van der Waals surface area contributed by atoms with Crippen molar-refractivity contribution in [2.75, 3.05) is 13.7 Å². The molecule has 0 radical (unpaired) electrons. The molecule has 3 unspecified atom stereocenters. The number of rotatable bonds is 5. The summed E-state index contributed by atoms with van der Waals surface area (Å²) in [6.45, 7) is 2.95. The lowest BCUT2D eigenvalue weighted by Gasteiger charge is -2.45. The van der Waals surface area contributed by atoms with Crippen LogP contribution in [-0.4, -0.2) is 36.6 Å². The molecule has 2 aliphatic rings. The van der Waals surface area contributed by atoms with Crippen molar-refractivity contribution in [1.29, 1.82) is 0 Å². The highest BCUT2D eigenvalue weighted by atomic mass is 16.5. The van der Waals surface area contributed by atoms with Gasteiger partial charge in [0.15, 0.2) is 0 Å². The Bertz CT molecular complexity index is 255. The van der Waals surface area contributed by atoms with Gasteiger partial charge in [0.1, 0.15) is 0 Å². The highest BCUT2D eigenvalue weighted by Crippen LogP contribution is 2.42. The summed E-state index contributed by atoms with van der Waals surface area (Å²) < 4.78 is 11.6.